The number of anilines is 1. The highest BCUT2D eigenvalue weighted by Crippen LogP contribution is 2.21. The van der Waals surface area contributed by atoms with Gasteiger partial charge in [-0.1, -0.05) is 12.5 Å². The van der Waals surface area contributed by atoms with Gasteiger partial charge in [0.05, 0.1) is 6.61 Å². The van der Waals surface area contributed by atoms with E-state index in [1.807, 2.05) is 24.3 Å². The third kappa shape index (κ3) is 4.57. The Morgan fingerprint density at radius 1 is 1.22 bits per heavy atom. The van der Waals surface area contributed by atoms with Crippen LogP contribution in [0.4, 0.5) is 5.69 Å². The first kappa shape index (κ1) is 13.2. The minimum absolute atomic E-state index is 0.759. The number of rotatable bonds is 6. The molecule has 18 heavy (non-hydrogen) atoms. The van der Waals surface area contributed by atoms with Crippen LogP contribution in [0.5, 0.6) is 5.75 Å². The lowest BCUT2D eigenvalue weighted by Gasteiger charge is -2.21. The first-order chi connectivity index (χ1) is 8.84. The number of nitrogen functional groups attached to an aromatic ring is 1. The molecule has 1 fully saturated rings. The molecule has 3 heteroatoms. The highest BCUT2D eigenvalue weighted by atomic mass is 16.5. The lowest BCUT2D eigenvalue weighted by molar-refractivity contribution is 0.0628. The molecular formula is C15H23NO2. The minimum atomic E-state index is 0.759. The summed E-state index contributed by atoms with van der Waals surface area (Å²) in [5.41, 5.74) is 6.45. The largest absolute Gasteiger partial charge is 0.494 e. The van der Waals surface area contributed by atoms with Crippen molar-refractivity contribution in [2.75, 3.05) is 25.6 Å². The van der Waals surface area contributed by atoms with Gasteiger partial charge in [-0.3, -0.25) is 0 Å². The second kappa shape index (κ2) is 7.27. The molecule has 0 radical (unpaired) electrons. The van der Waals surface area contributed by atoms with Gasteiger partial charge < -0.3 is 15.2 Å². The standard InChI is InChI=1S/C15H23NO2/c16-14-5-3-6-15(12-14)18-9-2-1-4-13-7-10-17-11-8-13/h3,5-6,12-13H,1-2,4,7-11,16H2. The number of ether oxygens (including phenoxy) is 2. The van der Waals surface area contributed by atoms with E-state index in [-0.39, 0.29) is 0 Å². The molecule has 2 N–H and O–H groups in total. The van der Waals surface area contributed by atoms with Crippen molar-refractivity contribution in [1.29, 1.82) is 0 Å². The molecule has 1 aromatic rings. The summed E-state index contributed by atoms with van der Waals surface area (Å²) in [4.78, 5) is 0. The Balaban J connectivity index is 1.55. The van der Waals surface area contributed by atoms with Crippen LogP contribution >= 0.6 is 0 Å². The molecule has 3 nitrogen and oxygen atoms in total. The summed E-state index contributed by atoms with van der Waals surface area (Å²) in [6.45, 7) is 2.68. The van der Waals surface area contributed by atoms with Gasteiger partial charge in [0.15, 0.2) is 0 Å². The van der Waals surface area contributed by atoms with Crippen LogP contribution in [0.25, 0.3) is 0 Å². The number of hydrogen-bond donors (Lipinski definition) is 1. The number of benzene rings is 1. The summed E-state index contributed by atoms with van der Waals surface area (Å²) < 4.78 is 11.0. The average Bonchev–Trinajstić information content (AvgIpc) is 2.40. The van der Waals surface area contributed by atoms with E-state index in [0.29, 0.717) is 0 Å². The smallest absolute Gasteiger partial charge is 0.121 e. The Hall–Kier alpha value is -1.22. The van der Waals surface area contributed by atoms with Crippen LogP contribution in [0.2, 0.25) is 0 Å². The summed E-state index contributed by atoms with van der Waals surface area (Å²) in [6.07, 6.45) is 6.13. The highest BCUT2D eigenvalue weighted by molar-refractivity contribution is 5.43. The molecule has 0 unspecified atom stereocenters. The van der Waals surface area contributed by atoms with Gasteiger partial charge in [0, 0.05) is 25.0 Å². The molecule has 0 bridgehead atoms. The molecule has 1 heterocycles. The van der Waals surface area contributed by atoms with Crippen LogP contribution in [0, 0.1) is 5.92 Å². The number of unbranched alkanes of at least 4 members (excludes halogenated alkanes) is 1. The molecule has 0 aliphatic carbocycles. The summed E-state index contributed by atoms with van der Waals surface area (Å²) >= 11 is 0. The predicted octanol–water partition coefficient (Wildman–Crippen LogP) is 3.24. The van der Waals surface area contributed by atoms with Gasteiger partial charge >= 0.3 is 0 Å². The van der Waals surface area contributed by atoms with E-state index in [2.05, 4.69) is 0 Å². The third-order valence-electron chi connectivity index (χ3n) is 3.47. The Kier molecular flexibility index (Phi) is 5.34. The van der Waals surface area contributed by atoms with Crippen molar-refractivity contribution in [3.63, 3.8) is 0 Å². The lowest BCUT2D eigenvalue weighted by Crippen LogP contribution is -2.15. The Morgan fingerprint density at radius 3 is 2.83 bits per heavy atom. The Morgan fingerprint density at radius 2 is 2.06 bits per heavy atom. The predicted molar refractivity (Wildman–Crippen MR) is 73.7 cm³/mol. The monoisotopic (exact) mass is 249 g/mol. The highest BCUT2D eigenvalue weighted by Gasteiger charge is 2.12. The quantitative estimate of drug-likeness (QED) is 0.621. The van der Waals surface area contributed by atoms with Gasteiger partial charge in [0.2, 0.25) is 0 Å². The molecular weight excluding hydrogens is 226 g/mol. The van der Waals surface area contributed by atoms with Crippen molar-refractivity contribution in [3.8, 4) is 5.75 Å². The van der Waals surface area contributed by atoms with E-state index < -0.39 is 0 Å². The maximum Gasteiger partial charge on any atom is 0.121 e. The topological polar surface area (TPSA) is 44.5 Å². The molecule has 100 valence electrons. The minimum Gasteiger partial charge on any atom is -0.494 e. The first-order valence-corrected chi connectivity index (χ1v) is 6.90. The van der Waals surface area contributed by atoms with Crippen LogP contribution in [-0.4, -0.2) is 19.8 Å². The Labute approximate surface area is 109 Å². The van der Waals surface area contributed by atoms with Gasteiger partial charge in [-0.05, 0) is 43.7 Å². The molecule has 0 spiro atoms. The van der Waals surface area contributed by atoms with Gasteiger partial charge in [0.1, 0.15) is 5.75 Å². The zero-order valence-corrected chi connectivity index (χ0v) is 10.9. The van der Waals surface area contributed by atoms with Crippen molar-refractivity contribution in [2.45, 2.75) is 32.1 Å². The van der Waals surface area contributed by atoms with Gasteiger partial charge in [-0.15, -0.1) is 0 Å². The van der Waals surface area contributed by atoms with Crippen LogP contribution in [0.15, 0.2) is 24.3 Å². The van der Waals surface area contributed by atoms with Gasteiger partial charge in [-0.25, -0.2) is 0 Å². The zero-order chi connectivity index (χ0) is 12.6. The van der Waals surface area contributed by atoms with Crippen LogP contribution in [-0.2, 0) is 4.74 Å². The number of nitrogens with two attached hydrogens (primary N) is 1. The van der Waals surface area contributed by atoms with E-state index >= 15 is 0 Å². The lowest BCUT2D eigenvalue weighted by atomic mass is 9.94. The molecule has 0 amide bonds. The second-order valence-corrected chi connectivity index (χ2v) is 4.97. The van der Waals surface area contributed by atoms with Crippen molar-refractivity contribution in [1.82, 2.24) is 0 Å². The summed E-state index contributed by atoms with van der Waals surface area (Å²) in [5.74, 6) is 1.74. The molecule has 1 saturated heterocycles. The second-order valence-electron chi connectivity index (χ2n) is 4.97. The fourth-order valence-electron chi connectivity index (χ4n) is 2.36. The van der Waals surface area contributed by atoms with E-state index in [0.717, 1.165) is 43.6 Å². The van der Waals surface area contributed by atoms with E-state index in [9.17, 15) is 0 Å². The average molecular weight is 249 g/mol. The maximum absolute atomic E-state index is 5.69. The fourth-order valence-corrected chi connectivity index (χ4v) is 2.36. The molecule has 1 aliphatic rings. The van der Waals surface area contributed by atoms with Gasteiger partial charge in [0.25, 0.3) is 0 Å². The fraction of sp³-hybridized carbons (Fsp3) is 0.600. The van der Waals surface area contributed by atoms with Crippen LogP contribution in [0.3, 0.4) is 0 Å². The van der Waals surface area contributed by atoms with Crippen molar-refractivity contribution < 1.29 is 9.47 Å². The van der Waals surface area contributed by atoms with E-state index in [1.165, 1.54) is 25.7 Å². The summed E-state index contributed by atoms with van der Waals surface area (Å²) in [6, 6.07) is 7.62. The normalized spacial score (nSPS) is 16.7. The molecule has 1 aliphatic heterocycles. The molecule has 0 saturated carbocycles. The molecule has 2 rings (SSSR count). The van der Waals surface area contributed by atoms with Gasteiger partial charge in [-0.2, -0.15) is 0 Å². The van der Waals surface area contributed by atoms with Crippen molar-refractivity contribution in [3.05, 3.63) is 24.3 Å². The first-order valence-electron chi connectivity index (χ1n) is 6.90. The molecule has 0 atom stereocenters. The van der Waals surface area contributed by atoms with Crippen molar-refractivity contribution >= 4 is 5.69 Å². The van der Waals surface area contributed by atoms with E-state index in [1.54, 1.807) is 0 Å². The SMILES string of the molecule is Nc1cccc(OCCCCC2CCOCC2)c1. The zero-order valence-electron chi connectivity index (χ0n) is 10.9. The van der Waals surface area contributed by atoms with Crippen LogP contribution < -0.4 is 10.5 Å². The van der Waals surface area contributed by atoms with E-state index in [4.69, 9.17) is 15.2 Å². The number of hydrogen-bond acceptors (Lipinski definition) is 3. The molecule has 1 aromatic carbocycles. The van der Waals surface area contributed by atoms with Crippen molar-refractivity contribution in [2.24, 2.45) is 5.92 Å². The Bertz CT molecular complexity index is 348. The summed E-state index contributed by atoms with van der Waals surface area (Å²) in [7, 11) is 0. The van der Waals surface area contributed by atoms with Crippen LogP contribution in [0.1, 0.15) is 32.1 Å². The molecule has 0 aromatic heterocycles. The maximum atomic E-state index is 5.69. The summed E-state index contributed by atoms with van der Waals surface area (Å²) in [5, 5.41) is 0. The third-order valence-corrected chi connectivity index (χ3v) is 3.47.